The molecule has 6 nitrogen and oxygen atoms in total. The minimum absolute atomic E-state index is 0.0559. The summed E-state index contributed by atoms with van der Waals surface area (Å²) in [6.07, 6.45) is 0.352. The maximum Gasteiger partial charge on any atom is 0.317 e. The summed E-state index contributed by atoms with van der Waals surface area (Å²) in [6.45, 7) is 3.53. The molecule has 0 saturated carbocycles. The Morgan fingerprint density at radius 1 is 0.852 bits per heavy atom. The number of amides is 3. The topological polar surface area (TPSA) is 55.9 Å². The molecule has 0 aromatic heterocycles. The van der Waals surface area contributed by atoms with Crippen LogP contribution in [0, 0.1) is 0 Å². The van der Waals surface area contributed by atoms with Gasteiger partial charge in [0.1, 0.15) is 0 Å². The average Bonchev–Trinajstić information content (AvgIpc) is 3.09. The monoisotopic (exact) mass is 364 g/mol. The highest BCUT2D eigenvalue weighted by Gasteiger charge is 2.33. The lowest BCUT2D eigenvalue weighted by atomic mass is 10.2. The van der Waals surface area contributed by atoms with Crippen molar-refractivity contribution in [2.45, 2.75) is 12.5 Å². The SMILES string of the molecule is O=C(NC1CC(=O)N(c2ccccc2)C1)N1CCN(c2ccccc2)CC1. The number of carbonyl (C=O) groups is 2. The van der Waals surface area contributed by atoms with Crippen molar-refractivity contribution in [1.29, 1.82) is 0 Å². The van der Waals surface area contributed by atoms with Gasteiger partial charge >= 0.3 is 6.03 Å². The molecule has 2 aliphatic rings. The van der Waals surface area contributed by atoms with Crippen LogP contribution >= 0.6 is 0 Å². The van der Waals surface area contributed by atoms with Crippen molar-refractivity contribution in [3.05, 3.63) is 60.7 Å². The predicted octanol–water partition coefficient (Wildman–Crippen LogP) is 2.32. The highest BCUT2D eigenvalue weighted by Crippen LogP contribution is 2.21. The lowest BCUT2D eigenvalue weighted by molar-refractivity contribution is -0.117. The van der Waals surface area contributed by atoms with E-state index in [0.29, 0.717) is 26.1 Å². The highest BCUT2D eigenvalue weighted by molar-refractivity contribution is 5.96. The van der Waals surface area contributed by atoms with Gasteiger partial charge in [-0.25, -0.2) is 4.79 Å². The summed E-state index contributed by atoms with van der Waals surface area (Å²) in [5.41, 5.74) is 2.08. The number of anilines is 2. The molecule has 2 saturated heterocycles. The Morgan fingerprint density at radius 3 is 2.07 bits per heavy atom. The molecule has 1 atom stereocenters. The molecule has 0 radical (unpaired) electrons. The Hall–Kier alpha value is -3.02. The molecule has 0 spiro atoms. The number of hydrogen-bond donors (Lipinski definition) is 1. The highest BCUT2D eigenvalue weighted by atomic mass is 16.2. The largest absolute Gasteiger partial charge is 0.368 e. The van der Waals surface area contributed by atoms with E-state index >= 15 is 0 Å². The van der Waals surface area contributed by atoms with Crippen LogP contribution in [0.3, 0.4) is 0 Å². The third-order valence-electron chi connectivity index (χ3n) is 5.21. The van der Waals surface area contributed by atoms with Crippen LogP contribution in [0.5, 0.6) is 0 Å². The van der Waals surface area contributed by atoms with E-state index in [1.54, 1.807) is 4.90 Å². The second-order valence-corrected chi connectivity index (χ2v) is 7.00. The van der Waals surface area contributed by atoms with Gasteiger partial charge in [0, 0.05) is 50.5 Å². The van der Waals surface area contributed by atoms with E-state index < -0.39 is 0 Å². The molecule has 0 bridgehead atoms. The van der Waals surface area contributed by atoms with Crippen LogP contribution in [-0.4, -0.2) is 55.6 Å². The summed E-state index contributed by atoms with van der Waals surface area (Å²) in [6, 6.07) is 19.7. The molecule has 1 N–H and O–H groups in total. The van der Waals surface area contributed by atoms with E-state index in [9.17, 15) is 9.59 Å². The summed E-state index contributed by atoms with van der Waals surface area (Å²) >= 11 is 0. The predicted molar refractivity (Wildman–Crippen MR) is 106 cm³/mol. The maximum absolute atomic E-state index is 12.6. The molecule has 2 aliphatic heterocycles. The van der Waals surface area contributed by atoms with Gasteiger partial charge in [0.2, 0.25) is 5.91 Å². The number of rotatable bonds is 3. The molecule has 0 aliphatic carbocycles. The first-order valence-electron chi connectivity index (χ1n) is 9.41. The van der Waals surface area contributed by atoms with Crippen molar-refractivity contribution >= 4 is 23.3 Å². The van der Waals surface area contributed by atoms with E-state index in [-0.39, 0.29) is 18.0 Å². The molecule has 2 heterocycles. The lowest BCUT2D eigenvalue weighted by Crippen LogP contribution is -2.53. The van der Waals surface area contributed by atoms with Crippen LogP contribution in [0.15, 0.2) is 60.7 Å². The number of para-hydroxylation sites is 2. The second kappa shape index (κ2) is 7.70. The van der Waals surface area contributed by atoms with Crippen molar-refractivity contribution in [1.82, 2.24) is 10.2 Å². The van der Waals surface area contributed by atoms with Crippen molar-refractivity contribution < 1.29 is 9.59 Å². The Balaban J connectivity index is 1.30. The number of piperazine rings is 1. The zero-order chi connectivity index (χ0) is 18.6. The molecular weight excluding hydrogens is 340 g/mol. The molecular formula is C21H24N4O2. The molecule has 2 aromatic carbocycles. The zero-order valence-electron chi connectivity index (χ0n) is 15.3. The normalized spacial score (nSPS) is 20.1. The number of hydrogen-bond acceptors (Lipinski definition) is 3. The molecule has 1 unspecified atom stereocenters. The van der Waals surface area contributed by atoms with Gasteiger partial charge in [-0.05, 0) is 24.3 Å². The van der Waals surface area contributed by atoms with E-state index in [4.69, 9.17) is 0 Å². The van der Waals surface area contributed by atoms with E-state index in [2.05, 4.69) is 22.3 Å². The smallest absolute Gasteiger partial charge is 0.317 e. The van der Waals surface area contributed by atoms with Gasteiger partial charge in [-0.1, -0.05) is 36.4 Å². The van der Waals surface area contributed by atoms with Crippen LogP contribution in [-0.2, 0) is 4.79 Å². The third-order valence-corrected chi connectivity index (χ3v) is 5.21. The van der Waals surface area contributed by atoms with Crippen LogP contribution in [0.2, 0.25) is 0 Å². The van der Waals surface area contributed by atoms with Crippen LogP contribution in [0.1, 0.15) is 6.42 Å². The van der Waals surface area contributed by atoms with Crippen LogP contribution in [0.4, 0.5) is 16.2 Å². The Labute approximate surface area is 159 Å². The minimum atomic E-state index is -0.141. The van der Waals surface area contributed by atoms with E-state index in [1.807, 2.05) is 53.4 Å². The first-order valence-corrected chi connectivity index (χ1v) is 9.41. The second-order valence-electron chi connectivity index (χ2n) is 7.00. The molecule has 3 amide bonds. The summed E-state index contributed by atoms with van der Waals surface area (Å²) in [5, 5.41) is 3.04. The van der Waals surface area contributed by atoms with E-state index in [1.165, 1.54) is 5.69 Å². The first kappa shape index (κ1) is 17.4. The number of urea groups is 1. The number of nitrogens with zero attached hydrogens (tertiary/aromatic N) is 3. The first-order chi connectivity index (χ1) is 13.2. The van der Waals surface area contributed by atoms with Gasteiger partial charge in [-0.2, -0.15) is 0 Å². The van der Waals surface area contributed by atoms with Crippen LogP contribution in [0.25, 0.3) is 0 Å². The van der Waals surface area contributed by atoms with E-state index in [0.717, 1.165) is 18.8 Å². The minimum Gasteiger partial charge on any atom is -0.368 e. The zero-order valence-corrected chi connectivity index (χ0v) is 15.3. The van der Waals surface area contributed by atoms with Gasteiger partial charge in [0.25, 0.3) is 0 Å². The average molecular weight is 364 g/mol. The quantitative estimate of drug-likeness (QED) is 0.909. The third kappa shape index (κ3) is 3.89. The summed E-state index contributed by atoms with van der Waals surface area (Å²) < 4.78 is 0. The standard InChI is InChI=1S/C21H24N4O2/c26-20-15-17(16-25(20)19-9-5-2-6-10-19)22-21(27)24-13-11-23(12-14-24)18-7-3-1-4-8-18/h1-10,17H,11-16H2,(H,22,27). The van der Waals surface area contributed by atoms with Gasteiger partial charge in [0.15, 0.2) is 0 Å². The van der Waals surface area contributed by atoms with Gasteiger partial charge < -0.3 is 20.0 Å². The molecule has 6 heteroatoms. The molecule has 27 heavy (non-hydrogen) atoms. The van der Waals surface area contributed by atoms with Crippen molar-refractivity contribution in [2.24, 2.45) is 0 Å². The molecule has 4 rings (SSSR count). The van der Waals surface area contributed by atoms with Crippen molar-refractivity contribution in [2.75, 3.05) is 42.5 Å². The molecule has 140 valence electrons. The fraction of sp³-hybridized carbons (Fsp3) is 0.333. The summed E-state index contributed by atoms with van der Waals surface area (Å²) in [5.74, 6) is 0.0559. The van der Waals surface area contributed by atoms with Crippen LogP contribution < -0.4 is 15.1 Å². The van der Waals surface area contributed by atoms with Gasteiger partial charge in [-0.15, -0.1) is 0 Å². The Morgan fingerprint density at radius 2 is 1.44 bits per heavy atom. The fourth-order valence-corrected chi connectivity index (χ4v) is 3.73. The number of nitrogens with one attached hydrogen (secondary N) is 1. The summed E-state index contributed by atoms with van der Waals surface area (Å²) in [7, 11) is 0. The number of benzene rings is 2. The maximum atomic E-state index is 12.6. The number of carbonyl (C=O) groups excluding carboxylic acids is 2. The Bertz CT molecular complexity index is 788. The Kier molecular flexibility index (Phi) is 4.96. The fourth-order valence-electron chi connectivity index (χ4n) is 3.73. The van der Waals surface area contributed by atoms with Crippen molar-refractivity contribution in [3.63, 3.8) is 0 Å². The summed E-state index contributed by atoms with van der Waals surface area (Å²) in [4.78, 5) is 30.8. The van der Waals surface area contributed by atoms with Crippen molar-refractivity contribution in [3.8, 4) is 0 Å². The lowest BCUT2D eigenvalue weighted by Gasteiger charge is -2.36. The van der Waals surface area contributed by atoms with Gasteiger partial charge in [0.05, 0.1) is 6.04 Å². The molecule has 2 fully saturated rings. The molecule has 2 aromatic rings. The van der Waals surface area contributed by atoms with Gasteiger partial charge in [-0.3, -0.25) is 4.79 Å².